The highest BCUT2D eigenvalue weighted by molar-refractivity contribution is 8.00. The van der Waals surface area contributed by atoms with Crippen LogP contribution in [0.5, 0.6) is 0 Å². The molecule has 0 radical (unpaired) electrons. The van der Waals surface area contributed by atoms with Gasteiger partial charge >= 0.3 is 6.09 Å². The standard InChI is InChI=1S/C19H31N3O2S/c1-14-10-16(11-15(2)21-14)12-20-19(25-6)8-7-9-22(13-19)17(23)24-18(3,4)5/h10-11,20H,7-9,12-13H2,1-6H3/t19-/m0/s1. The van der Waals surface area contributed by atoms with Gasteiger partial charge in [0.2, 0.25) is 0 Å². The van der Waals surface area contributed by atoms with Gasteiger partial charge < -0.3 is 9.64 Å². The topological polar surface area (TPSA) is 54.5 Å². The zero-order chi connectivity index (χ0) is 18.7. The van der Waals surface area contributed by atoms with Gasteiger partial charge in [-0.25, -0.2) is 4.79 Å². The number of pyridine rings is 1. The monoisotopic (exact) mass is 365 g/mol. The summed E-state index contributed by atoms with van der Waals surface area (Å²) in [4.78, 5) is 18.6. The van der Waals surface area contributed by atoms with E-state index in [2.05, 4.69) is 28.7 Å². The molecule has 5 nitrogen and oxygen atoms in total. The lowest BCUT2D eigenvalue weighted by Gasteiger charge is -2.42. The fraction of sp³-hybridized carbons (Fsp3) is 0.684. The second-order valence-electron chi connectivity index (χ2n) is 7.82. The van der Waals surface area contributed by atoms with Crippen LogP contribution in [0.4, 0.5) is 4.79 Å². The number of amides is 1. The first-order valence-electron chi connectivity index (χ1n) is 8.85. The number of nitrogens with zero attached hydrogens (tertiary/aromatic N) is 2. The molecule has 2 heterocycles. The molecule has 1 atom stereocenters. The Bertz CT molecular complexity index is 595. The lowest BCUT2D eigenvalue weighted by molar-refractivity contribution is 0.0170. The van der Waals surface area contributed by atoms with E-state index in [1.807, 2.05) is 39.5 Å². The van der Waals surface area contributed by atoms with Gasteiger partial charge in [-0.2, -0.15) is 0 Å². The number of aromatic nitrogens is 1. The van der Waals surface area contributed by atoms with Crippen LogP contribution in [-0.2, 0) is 11.3 Å². The summed E-state index contributed by atoms with van der Waals surface area (Å²) in [6, 6.07) is 4.23. The van der Waals surface area contributed by atoms with Gasteiger partial charge in [-0.1, -0.05) is 0 Å². The van der Waals surface area contributed by atoms with Crippen molar-refractivity contribution in [1.82, 2.24) is 15.2 Å². The van der Waals surface area contributed by atoms with Crippen LogP contribution in [0.25, 0.3) is 0 Å². The van der Waals surface area contributed by atoms with Crippen molar-refractivity contribution in [1.29, 1.82) is 0 Å². The summed E-state index contributed by atoms with van der Waals surface area (Å²) in [5, 5.41) is 3.69. The van der Waals surface area contributed by atoms with Gasteiger partial charge in [0, 0.05) is 24.5 Å². The van der Waals surface area contributed by atoms with E-state index < -0.39 is 5.60 Å². The minimum atomic E-state index is -0.462. The Balaban J connectivity index is 2.04. The van der Waals surface area contributed by atoms with Crippen LogP contribution in [0.2, 0.25) is 0 Å². The number of thioether (sulfide) groups is 1. The summed E-state index contributed by atoms with van der Waals surface area (Å²) in [5.41, 5.74) is 2.84. The van der Waals surface area contributed by atoms with Crippen molar-refractivity contribution in [2.24, 2.45) is 0 Å². The Morgan fingerprint density at radius 1 is 1.36 bits per heavy atom. The van der Waals surface area contributed by atoms with E-state index in [0.717, 1.165) is 37.3 Å². The number of rotatable bonds is 4. The predicted octanol–water partition coefficient (Wildman–Crippen LogP) is 3.88. The van der Waals surface area contributed by atoms with Crippen molar-refractivity contribution in [2.45, 2.75) is 64.5 Å². The molecule has 2 rings (SSSR count). The summed E-state index contributed by atoms with van der Waals surface area (Å²) < 4.78 is 5.55. The molecule has 1 fully saturated rings. The van der Waals surface area contributed by atoms with Crippen LogP contribution in [0.15, 0.2) is 12.1 Å². The molecule has 1 aromatic heterocycles. The highest BCUT2D eigenvalue weighted by Crippen LogP contribution is 2.31. The third-order valence-electron chi connectivity index (χ3n) is 4.25. The smallest absolute Gasteiger partial charge is 0.410 e. The van der Waals surface area contributed by atoms with E-state index in [1.165, 1.54) is 5.56 Å². The van der Waals surface area contributed by atoms with E-state index in [0.29, 0.717) is 6.54 Å². The van der Waals surface area contributed by atoms with E-state index in [4.69, 9.17) is 4.74 Å². The first kappa shape index (κ1) is 20.0. The second kappa shape index (κ2) is 7.96. The summed E-state index contributed by atoms with van der Waals surface area (Å²) in [5.74, 6) is 0. The van der Waals surface area contributed by atoms with Gasteiger partial charge in [0.25, 0.3) is 0 Å². The SMILES string of the molecule is CS[C@@]1(NCc2cc(C)nc(C)c2)CCCN(C(=O)OC(C)(C)C)C1. The highest BCUT2D eigenvalue weighted by atomic mass is 32.2. The van der Waals surface area contributed by atoms with Gasteiger partial charge in [0.1, 0.15) is 5.60 Å². The van der Waals surface area contributed by atoms with Crippen molar-refractivity contribution in [3.05, 3.63) is 29.1 Å². The molecule has 6 heteroatoms. The third kappa shape index (κ3) is 5.89. The molecule has 1 amide bonds. The number of nitrogens with one attached hydrogen (secondary N) is 1. The molecular weight excluding hydrogens is 334 g/mol. The molecule has 1 aromatic rings. The van der Waals surface area contributed by atoms with Crippen LogP contribution in [0, 0.1) is 13.8 Å². The molecular formula is C19H31N3O2S. The lowest BCUT2D eigenvalue weighted by Crippen LogP contribution is -2.56. The van der Waals surface area contributed by atoms with Gasteiger partial charge in [-0.15, -0.1) is 11.8 Å². The maximum atomic E-state index is 12.4. The zero-order valence-electron chi connectivity index (χ0n) is 16.3. The minimum absolute atomic E-state index is 0.139. The quantitative estimate of drug-likeness (QED) is 0.821. The predicted molar refractivity (Wildman–Crippen MR) is 104 cm³/mol. The van der Waals surface area contributed by atoms with Crippen molar-refractivity contribution in [3.8, 4) is 0 Å². The third-order valence-corrected chi connectivity index (χ3v) is 5.51. The average molecular weight is 366 g/mol. The summed E-state index contributed by atoms with van der Waals surface area (Å²) in [7, 11) is 0. The van der Waals surface area contributed by atoms with Gasteiger partial charge in [-0.3, -0.25) is 10.3 Å². The Hall–Kier alpha value is -1.27. The Labute approximate surface area is 155 Å². The lowest BCUT2D eigenvalue weighted by atomic mass is 10.0. The number of likely N-dealkylation sites (tertiary alicyclic amines) is 1. The van der Waals surface area contributed by atoms with Crippen LogP contribution in [0.3, 0.4) is 0 Å². The number of piperidine rings is 1. The molecule has 1 N–H and O–H groups in total. The molecule has 25 heavy (non-hydrogen) atoms. The fourth-order valence-electron chi connectivity index (χ4n) is 3.17. The molecule has 140 valence electrons. The second-order valence-corrected chi connectivity index (χ2v) is 9.01. The molecule has 1 aliphatic rings. The molecule has 0 aliphatic carbocycles. The Morgan fingerprint density at radius 3 is 2.56 bits per heavy atom. The number of hydrogen-bond acceptors (Lipinski definition) is 5. The molecule has 0 spiro atoms. The largest absolute Gasteiger partial charge is 0.444 e. The molecule has 0 unspecified atom stereocenters. The van der Waals surface area contributed by atoms with Crippen LogP contribution in [0.1, 0.15) is 50.6 Å². The van der Waals surface area contributed by atoms with Crippen LogP contribution in [-0.4, -0.2) is 45.8 Å². The first-order valence-corrected chi connectivity index (χ1v) is 10.1. The van der Waals surface area contributed by atoms with Crippen molar-refractivity contribution < 1.29 is 9.53 Å². The highest BCUT2D eigenvalue weighted by Gasteiger charge is 2.37. The minimum Gasteiger partial charge on any atom is -0.444 e. The molecule has 1 saturated heterocycles. The normalized spacial score (nSPS) is 21.3. The number of carbonyl (C=O) groups excluding carboxylic acids is 1. The van der Waals surface area contributed by atoms with Crippen molar-refractivity contribution >= 4 is 17.9 Å². The van der Waals surface area contributed by atoms with Crippen LogP contribution >= 0.6 is 11.8 Å². The number of hydrogen-bond donors (Lipinski definition) is 1. The van der Waals surface area contributed by atoms with E-state index >= 15 is 0 Å². The number of aryl methyl sites for hydroxylation is 2. The fourth-order valence-corrected chi connectivity index (χ4v) is 4.02. The van der Waals surface area contributed by atoms with E-state index in [1.54, 1.807) is 11.8 Å². The maximum absolute atomic E-state index is 12.4. The molecule has 0 aromatic carbocycles. The Morgan fingerprint density at radius 2 is 2.00 bits per heavy atom. The van der Waals surface area contributed by atoms with Crippen LogP contribution < -0.4 is 5.32 Å². The molecule has 0 bridgehead atoms. The van der Waals surface area contributed by atoms with E-state index in [9.17, 15) is 4.79 Å². The van der Waals surface area contributed by atoms with Crippen molar-refractivity contribution in [2.75, 3.05) is 19.3 Å². The summed E-state index contributed by atoms with van der Waals surface area (Å²) in [6.07, 6.45) is 3.90. The molecule has 0 saturated carbocycles. The first-order chi connectivity index (χ1) is 11.6. The molecule has 1 aliphatic heterocycles. The zero-order valence-corrected chi connectivity index (χ0v) is 17.1. The van der Waals surface area contributed by atoms with Gasteiger partial charge in [-0.05, 0) is 71.4 Å². The average Bonchev–Trinajstić information content (AvgIpc) is 2.51. The number of carbonyl (C=O) groups is 1. The Kier molecular flexibility index (Phi) is 6.38. The summed E-state index contributed by atoms with van der Waals surface area (Å²) >= 11 is 1.78. The maximum Gasteiger partial charge on any atom is 0.410 e. The summed E-state index contributed by atoms with van der Waals surface area (Å²) in [6.45, 7) is 11.9. The number of ether oxygens (including phenoxy) is 1. The van der Waals surface area contributed by atoms with E-state index in [-0.39, 0.29) is 11.0 Å². The van der Waals surface area contributed by atoms with Crippen molar-refractivity contribution in [3.63, 3.8) is 0 Å². The van der Waals surface area contributed by atoms with Gasteiger partial charge in [0.15, 0.2) is 0 Å². The van der Waals surface area contributed by atoms with Gasteiger partial charge in [0.05, 0.1) is 11.4 Å².